The van der Waals surface area contributed by atoms with Crippen LogP contribution in [0.25, 0.3) is 0 Å². The molecule has 5 N–H and O–H groups in total. The van der Waals surface area contributed by atoms with E-state index in [4.69, 9.17) is 10.2 Å². The first-order chi connectivity index (χ1) is 10.5. The van der Waals surface area contributed by atoms with Crippen LogP contribution >= 0.6 is 0 Å². The van der Waals surface area contributed by atoms with Crippen LogP contribution in [0.4, 0.5) is 0 Å². The second kappa shape index (κ2) is 9.50. The average molecular weight is 313 g/mol. The molecular formula is C15H23NO6. The molecule has 0 saturated heterocycles. The lowest BCUT2D eigenvalue weighted by atomic mass is 10.0. The molecule has 3 unspecified atom stereocenters. The second-order valence-corrected chi connectivity index (χ2v) is 5.17. The number of carboxylic acid groups (broad SMARTS) is 1. The van der Waals surface area contributed by atoms with E-state index in [0.717, 1.165) is 5.56 Å². The first kappa shape index (κ1) is 18.5. The molecule has 0 bridgehead atoms. The summed E-state index contributed by atoms with van der Waals surface area (Å²) in [4.78, 5) is 12.9. The zero-order valence-electron chi connectivity index (χ0n) is 12.2. The predicted octanol–water partition coefficient (Wildman–Crippen LogP) is -1.31. The minimum Gasteiger partial charge on any atom is -0.480 e. The molecule has 0 aliphatic carbocycles. The summed E-state index contributed by atoms with van der Waals surface area (Å²) in [6.07, 6.45) is -2.06. The van der Waals surface area contributed by atoms with E-state index in [1.54, 1.807) is 24.3 Å². The van der Waals surface area contributed by atoms with Crippen LogP contribution in [0.3, 0.4) is 0 Å². The molecule has 0 aromatic heterocycles. The highest BCUT2D eigenvalue weighted by Crippen LogP contribution is 2.11. The summed E-state index contributed by atoms with van der Waals surface area (Å²) in [5, 5.41) is 46.5. The fourth-order valence-corrected chi connectivity index (χ4v) is 2.20. The first-order valence-electron chi connectivity index (χ1n) is 7.06. The Kier molecular flexibility index (Phi) is 8.00. The zero-order chi connectivity index (χ0) is 16.5. The molecule has 7 nitrogen and oxygen atoms in total. The van der Waals surface area contributed by atoms with Gasteiger partial charge >= 0.3 is 5.97 Å². The maximum absolute atomic E-state index is 11.6. The van der Waals surface area contributed by atoms with E-state index in [9.17, 15) is 20.1 Å². The monoisotopic (exact) mass is 313 g/mol. The number of carbonyl (C=O) groups is 1. The number of aliphatic hydroxyl groups is 4. The molecule has 0 fully saturated rings. The van der Waals surface area contributed by atoms with E-state index in [0.29, 0.717) is 0 Å². The standard InChI is InChI=1S/C15H23NO6/c17-9-12(19)7-16(8-13(20)10-18)14(15(21)22)6-11-4-2-1-3-5-11/h1-5,12-14,17-20H,6-10H2,(H,21,22). The summed E-state index contributed by atoms with van der Waals surface area (Å²) in [6, 6.07) is 8.01. The lowest BCUT2D eigenvalue weighted by Gasteiger charge is -2.31. The molecule has 1 aromatic rings. The molecule has 0 amide bonds. The van der Waals surface area contributed by atoms with Crippen molar-refractivity contribution in [1.82, 2.24) is 4.90 Å². The van der Waals surface area contributed by atoms with Gasteiger partial charge in [0.25, 0.3) is 0 Å². The highest BCUT2D eigenvalue weighted by Gasteiger charge is 2.29. The van der Waals surface area contributed by atoms with Crippen LogP contribution in [-0.4, -0.2) is 81.0 Å². The van der Waals surface area contributed by atoms with Crippen molar-refractivity contribution >= 4 is 5.97 Å². The van der Waals surface area contributed by atoms with Gasteiger partial charge in [0.15, 0.2) is 0 Å². The number of hydrogen-bond donors (Lipinski definition) is 5. The maximum Gasteiger partial charge on any atom is 0.321 e. The van der Waals surface area contributed by atoms with Crippen molar-refractivity contribution in [3.05, 3.63) is 35.9 Å². The SMILES string of the molecule is O=C(O)C(Cc1ccccc1)N(CC(O)CO)CC(O)CO. The highest BCUT2D eigenvalue weighted by molar-refractivity contribution is 5.74. The Morgan fingerprint density at radius 2 is 1.50 bits per heavy atom. The summed E-state index contributed by atoms with van der Waals surface area (Å²) in [5.74, 6) is -1.10. The van der Waals surface area contributed by atoms with Crippen molar-refractivity contribution in [2.75, 3.05) is 26.3 Å². The van der Waals surface area contributed by atoms with Gasteiger partial charge in [-0.1, -0.05) is 30.3 Å². The molecule has 0 heterocycles. The Morgan fingerprint density at radius 1 is 1.00 bits per heavy atom. The van der Waals surface area contributed by atoms with Crippen LogP contribution in [0.5, 0.6) is 0 Å². The Bertz CT molecular complexity index is 429. The van der Waals surface area contributed by atoms with E-state index in [-0.39, 0.29) is 19.5 Å². The maximum atomic E-state index is 11.6. The van der Waals surface area contributed by atoms with Gasteiger partial charge in [-0.3, -0.25) is 9.69 Å². The number of hydrogen-bond acceptors (Lipinski definition) is 6. The van der Waals surface area contributed by atoms with E-state index < -0.39 is 37.4 Å². The van der Waals surface area contributed by atoms with Crippen LogP contribution in [0.1, 0.15) is 5.56 Å². The van der Waals surface area contributed by atoms with Crippen LogP contribution in [0.2, 0.25) is 0 Å². The average Bonchev–Trinajstić information content (AvgIpc) is 2.52. The van der Waals surface area contributed by atoms with Gasteiger partial charge in [-0.15, -0.1) is 0 Å². The molecule has 1 rings (SSSR count). The van der Waals surface area contributed by atoms with E-state index >= 15 is 0 Å². The fourth-order valence-electron chi connectivity index (χ4n) is 2.20. The molecule has 124 valence electrons. The summed E-state index contributed by atoms with van der Waals surface area (Å²) >= 11 is 0. The molecule has 0 radical (unpaired) electrons. The van der Waals surface area contributed by atoms with Gasteiger partial charge in [0, 0.05) is 13.1 Å². The lowest BCUT2D eigenvalue weighted by molar-refractivity contribution is -0.144. The van der Waals surface area contributed by atoms with Gasteiger partial charge in [0.05, 0.1) is 25.4 Å². The van der Waals surface area contributed by atoms with E-state index in [2.05, 4.69) is 0 Å². The van der Waals surface area contributed by atoms with Gasteiger partial charge in [-0.25, -0.2) is 0 Å². The third kappa shape index (κ3) is 6.08. The van der Waals surface area contributed by atoms with Crippen molar-refractivity contribution < 1.29 is 30.3 Å². The van der Waals surface area contributed by atoms with E-state index in [1.807, 2.05) is 6.07 Å². The molecule has 0 spiro atoms. The van der Waals surface area contributed by atoms with Crippen LogP contribution in [0, 0.1) is 0 Å². The van der Waals surface area contributed by atoms with E-state index in [1.165, 1.54) is 4.90 Å². The van der Waals surface area contributed by atoms with Crippen molar-refractivity contribution in [3.63, 3.8) is 0 Å². The molecule has 1 aromatic carbocycles. The summed E-state index contributed by atoms with van der Waals surface area (Å²) in [5.41, 5.74) is 0.803. The highest BCUT2D eigenvalue weighted by atomic mass is 16.4. The number of carboxylic acids is 1. The Hall–Kier alpha value is -1.51. The predicted molar refractivity (Wildman–Crippen MR) is 79.3 cm³/mol. The topological polar surface area (TPSA) is 121 Å². The van der Waals surface area contributed by atoms with Gasteiger partial charge in [-0.2, -0.15) is 0 Å². The van der Waals surface area contributed by atoms with Gasteiger partial charge in [0.2, 0.25) is 0 Å². The molecule has 0 saturated carbocycles. The van der Waals surface area contributed by atoms with Gasteiger partial charge in [0.1, 0.15) is 6.04 Å². The van der Waals surface area contributed by atoms with Gasteiger partial charge < -0.3 is 25.5 Å². The number of rotatable bonds is 10. The number of aliphatic carboxylic acids is 1. The molecule has 0 aliphatic heterocycles. The molecular weight excluding hydrogens is 290 g/mol. The first-order valence-corrected chi connectivity index (χ1v) is 7.06. The van der Waals surface area contributed by atoms with Crippen molar-refractivity contribution in [2.24, 2.45) is 0 Å². The van der Waals surface area contributed by atoms with Crippen LogP contribution in [0.15, 0.2) is 30.3 Å². The number of nitrogens with zero attached hydrogens (tertiary/aromatic N) is 1. The largest absolute Gasteiger partial charge is 0.480 e. The third-order valence-electron chi connectivity index (χ3n) is 3.31. The zero-order valence-corrected chi connectivity index (χ0v) is 12.2. The Labute approximate surface area is 129 Å². The quantitative estimate of drug-likeness (QED) is 0.363. The minimum absolute atomic E-state index is 0.114. The van der Waals surface area contributed by atoms with Gasteiger partial charge in [-0.05, 0) is 12.0 Å². The number of aliphatic hydroxyl groups excluding tert-OH is 4. The minimum atomic E-state index is -1.12. The van der Waals surface area contributed by atoms with Crippen LogP contribution < -0.4 is 0 Å². The normalized spacial score (nSPS) is 15.5. The summed E-state index contributed by atoms with van der Waals surface area (Å²) < 4.78 is 0. The smallest absolute Gasteiger partial charge is 0.321 e. The fraction of sp³-hybridized carbons (Fsp3) is 0.533. The summed E-state index contributed by atoms with van der Waals surface area (Å²) in [6.45, 7) is -1.25. The summed E-state index contributed by atoms with van der Waals surface area (Å²) in [7, 11) is 0. The Balaban J connectivity index is 2.90. The Morgan fingerprint density at radius 3 is 1.91 bits per heavy atom. The third-order valence-corrected chi connectivity index (χ3v) is 3.31. The van der Waals surface area contributed by atoms with Crippen LogP contribution in [-0.2, 0) is 11.2 Å². The number of benzene rings is 1. The van der Waals surface area contributed by atoms with Crippen molar-refractivity contribution in [3.8, 4) is 0 Å². The van der Waals surface area contributed by atoms with Crippen molar-refractivity contribution in [1.29, 1.82) is 0 Å². The lowest BCUT2D eigenvalue weighted by Crippen LogP contribution is -2.50. The second-order valence-electron chi connectivity index (χ2n) is 5.17. The van der Waals surface area contributed by atoms with Crippen molar-refractivity contribution in [2.45, 2.75) is 24.7 Å². The molecule has 0 aliphatic rings. The molecule has 3 atom stereocenters. The molecule has 22 heavy (non-hydrogen) atoms. The molecule has 7 heteroatoms.